The zero-order valence-electron chi connectivity index (χ0n) is 61.0. The van der Waals surface area contributed by atoms with Gasteiger partial charge in [-0.25, -0.2) is 9.97 Å². The highest BCUT2D eigenvalue weighted by Crippen LogP contribution is 2.52. The molecule has 13 aromatic carbocycles. The van der Waals surface area contributed by atoms with E-state index in [1.807, 2.05) is 0 Å². The molecule has 2 aliphatic heterocycles. The fourth-order valence-electron chi connectivity index (χ4n) is 16.6. The van der Waals surface area contributed by atoms with Gasteiger partial charge in [-0.15, -0.1) is 0 Å². The Bertz CT molecular complexity index is 5660. The quantitative estimate of drug-likeness (QED) is 0.135. The molecule has 498 valence electrons. The Labute approximate surface area is 606 Å². The van der Waals surface area contributed by atoms with Crippen molar-refractivity contribution in [3.8, 4) is 112 Å². The average molecular weight is 1330 g/mol. The first kappa shape index (κ1) is 63.8. The van der Waals surface area contributed by atoms with Crippen molar-refractivity contribution in [3.63, 3.8) is 0 Å². The molecule has 0 saturated heterocycles. The van der Waals surface area contributed by atoms with Crippen LogP contribution in [-0.2, 0) is 21.7 Å². The lowest BCUT2D eigenvalue weighted by atomic mass is 9.34. The molecule has 0 radical (unpaired) electrons. The van der Waals surface area contributed by atoms with E-state index in [1.54, 1.807) is 0 Å². The Hall–Kier alpha value is -11.4. The number of hydrogen-bond acceptors (Lipinski definition) is 2. The molecule has 0 fully saturated rings. The van der Waals surface area contributed by atoms with Crippen LogP contribution in [0, 0.1) is 0 Å². The van der Waals surface area contributed by atoms with Crippen LogP contribution in [0.25, 0.3) is 156 Å². The first-order chi connectivity index (χ1) is 49.6. The van der Waals surface area contributed by atoms with Crippen LogP contribution in [0.5, 0.6) is 0 Å². The Morgan fingerprint density at radius 2 is 0.573 bits per heavy atom. The van der Waals surface area contributed by atoms with Gasteiger partial charge < -0.3 is 9.13 Å². The number of hydrogen-bond donors (Lipinski definition) is 0. The van der Waals surface area contributed by atoms with Crippen LogP contribution in [0.2, 0.25) is 0 Å². The molecular formula is C98H83BN4. The van der Waals surface area contributed by atoms with Crippen molar-refractivity contribution in [2.45, 2.75) is 105 Å². The van der Waals surface area contributed by atoms with Gasteiger partial charge in [0.1, 0.15) is 0 Å². The molecule has 0 N–H and O–H groups in total. The molecule has 5 heteroatoms. The van der Waals surface area contributed by atoms with Crippen LogP contribution in [0.1, 0.15) is 105 Å². The second kappa shape index (κ2) is 23.6. The predicted octanol–water partition coefficient (Wildman–Crippen LogP) is 24.0. The van der Waals surface area contributed by atoms with Crippen molar-refractivity contribution >= 4 is 66.7 Å². The molecule has 0 aliphatic carbocycles. The predicted molar refractivity (Wildman–Crippen MR) is 439 cm³/mol. The fraction of sp³-hybridized carbons (Fsp3) is 0.163. The van der Waals surface area contributed by atoms with Gasteiger partial charge in [0.25, 0.3) is 6.71 Å². The molecule has 16 aromatic rings. The van der Waals surface area contributed by atoms with E-state index in [0.717, 1.165) is 72.7 Å². The maximum atomic E-state index is 5.75. The third-order valence-electron chi connectivity index (χ3n) is 22.1. The molecule has 3 aromatic heterocycles. The third kappa shape index (κ3) is 10.6. The van der Waals surface area contributed by atoms with Gasteiger partial charge in [-0.3, -0.25) is 0 Å². The van der Waals surface area contributed by atoms with Gasteiger partial charge in [0.15, 0.2) is 5.82 Å². The van der Waals surface area contributed by atoms with Crippen molar-refractivity contribution in [2.24, 2.45) is 0 Å². The summed E-state index contributed by atoms with van der Waals surface area (Å²) in [6, 6.07) is 108. The molecule has 2 aliphatic rings. The zero-order valence-corrected chi connectivity index (χ0v) is 61.0. The van der Waals surface area contributed by atoms with Crippen molar-refractivity contribution in [2.75, 3.05) is 0 Å². The summed E-state index contributed by atoms with van der Waals surface area (Å²) in [7, 11) is 0. The van der Waals surface area contributed by atoms with Crippen LogP contribution in [0.15, 0.2) is 285 Å². The summed E-state index contributed by atoms with van der Waals surface area (Å²) in [6.45, 7) is 28.1. The van der Waals surface area contributed by atoms with Crippen molar-refractivity contribution in [3.05, 3.63) is 307 Å². The van der Waals surface area contributed by atoms with Gasteiger partial charge in [-0.2, -0.15) is 0 Å². The standard InChI is InChI=1S/C98H83BN4/c1-95(2,3)71-47-68(48-72(57-71)96(4,5)6)75-43-45-79-92-89(75)87-77(62-35-23-15-24-36-62)51-66(60-31-19-13-20-32-60)53-83(87)102(92)85-55-70(94-100-81(64-39-27-17-28-40-64)59-82(101-94)65-41-29-18-30-42-65)56-86-91(85)99(79)80-46-44-76(69-49-73(97(7,8)9)58-74(50-69)98(10,11)12)90-88-78(63-37-25-16-26-38-63)52-67(61-33-21-14-22-34-61)54-84(88)103(86)93(80)90/h13-59H,1-12H3. The Morgan fingerprint density at radius 1 is 0.252 bits per heavy atom. The van der Waals surface area contributed by atoms with E-state index in [-0.39, 0.29) is 28.4 Å². The molecule has 0 amide bonds. The van der Waals surface area contributed by atoms with Crippen LogP contribution in [0.4, 0.5) is 0 Å². The summed E-state index contributed by atoms with van der Waals surface area (Å²) in [5, 5.41) is 4.94. The highest BCUT2D eigenvalue weighted by Gasteiger charge is 2.44. The van der Waals surface area contributed by atoms with Gasteiger partial charge >= 0.3 is 0 Å². The van der Waals surface area contributed by atoms with E-state index in [4.69, 9.17) is 9.97 Å². The average Bonchev–Trinajstić information content (AvgIpc) is 1.52. The lowest BCUT2D eigenvalue weighted by Gasteiger charge is -2.34. The number of rotatable bonds is 9. The van der Waals surface area contributed by atoms with Crippen LogP contribution in [0.3, 0.4) is 0 Å². The molecule has 4 nitrogen and oxygen atoms in total. The lowest BCUT2D eigenvalue weighted by molar-refractivity contribution is 0.568. The number of benzene rings is 13. The summed E-state index contributed by atoms with van der Waals surface area (Å²) >= 11 is 0. The van der Waals surface area contributed by atoms with Crippen molar-refractivity contribution in [1.29, 1.82) is 0 Å². The van der Waals surface area contributed by atoms with Gasteiger partial charge in [-0.1, -0.05) is 326 Å². The second-order valence-corrected chi connectivity index (χ2v) is 33.0. The molecule has 0 saturated carbocycles. The monoisotopic (exact) mass is 1330 g/mol. The minimum absolute atomic E-state index is 0.122. The molecule has 0 bridgehead atoms. The van der Waals surface area contributed by atoms with E-state index in [0.29, 0.717) is 5.82 Å². The third-order valence-corrected chi connectivity index (χ3v) is 22.1. The van der Waals surface area contributed by atoms with E-state index in [2.05, 4.69) is 377 Å². The first-order valence-electron chi connectivity index (χ1n) is 36.6. The van der Waals surface area contributed by atoms with Crippen molar-refractivity contribution < 1.29 is 0 Å². The SMILES string of the molecule is CC(C)(C)c1cc(-c2ccc3c4c2c2c(-c5ccccc5)cc(-c5ccccc5)cc2n4-c2cc(-c4nc(-c5ccccc5)cc(-c5ccccc5)n4)cc4c2B3c2ccc(-c3cc(C(C)(C)C)cc(C(C)(C)C)c3)c3c5c(-c6ccccc6)cc(-c6ccccc6)cc5n-4c23)cc(C(C)(C)C)c1. The minimum atomic E-state index is -0.225. The van der Waals surface area contributed by atoms with E-state index in [9.17, 15) is 0 Å². The summed E-state index contributed by atoms with van der Waals surface area (Å²) in [5.41, 5.74) is 34.5. The smallest absolute Gasteiger partial charge is 0.252 e. The molecular weight excluding hydrogens is 1240 g/mol. The molecule has 0 atom stereocenters. The van der Waals surface area contributed by atoms with Crippen LogP contribution >= 0.6 is 0 Å². The van der Waals surface area contributed by atoms with E-state index < -0.39 is 0 Å². The molecule has 103 heavy (non-hydrogen) atoms. The largest absolute Gasteiger partial charge is 0.310 e. The first-order valence-corrected chi connectivity index (χ1v) is 36.6. The Kier molecular flexibility index (Phi) is 14.6. The summed E-state index contributed by atoms with van der Waals surface area (Å²) in [5.74, 6) is 0.655. The highest BCUT2D eigenvalue weighted by atomic mass is 15.0. The summed E-state index contributed by atoms with van der Waals surface area (Å²) < 4.78 is 5.38. The maximum Gasteiger partial charge on any atom is 0.252 e. The van der Waals surface area contributed by atoms with Gasteiger partial charge in [0, 0.05) is 49.6 Å². The zero-order chi connectivity index (χ0) is 70.6. The normalized spacial score (nSPS) is 12.8. The van der Waals surface area contributed by atoms with Crippen LogP contribution < -0.4 is 16.4 Å². The van der Waals surface area contributed by atoms with E-state index in [1.165, 1.54) is 116 Å². The fourth-order valence-corrected chi connectivity index (χ4v) is 16.6. The number of aromatic nitrogens is 4. The number of nitrogens with zero attached hydrogens (tertiary/aromatic N) is 4. The number of fused-ring (bicyclic) bond motifs is 10. The Balaban J connectivity index is 1.08. The van der Waals surface area contributed by atoms with Gasteiger partial charge in [0.05, 0.1) is 33.5 Å². The highest BCUT2D eigenvalue weighted by molar-refractivity contribution is 7.00. The van der Waals surface area contributed by atoms with Gasteiger partial charge in [-0.05, 0) is 170 Å². The molecule has 0 spiro atoms. The Morgan fingerprint density at radius 3 is 0.903 bits per heavy atom. The molecule has 0 unspecified atom stereocenters. The summed E-state index contributed by atoms with van der Waals surface area (Å²) in [6.07, 6.45) is 0. The van der Waals surface area contributed by atoms with Crippen LogP contribution in [-0.4, -0.2) is 25.8 Å². The van der Waals surface area contributed by atoms with E-state index >= 15 is 0 Å². The topological polar surface area (TPSA) is 35.6 Å². The van der Waals surface area contributed by atoms with Crippen molar-refractivity contribution in [1.82, 2.24) is 19.1 Å². The molecule has 5 heterocycles. The lowest BCUT2D eigenvalue weighted by Crippen LogP contribution is -2.59. The minimum Gasteiger partial charge on any atom is -0.310 e. The second-order valence-electron chi connectivity index (χ2n) is 33.0. The van der Waals surface area contributed by atoms with Gasteiger partial charge in [0.2, 0.25) is 0 Å². The summed E-state index contributed by atoms with van der Waals surface area (Å²) in [4.78, 5) is 11.5. The maximum absolute atomic E-state index is 5.75. The molecule has 18 rings (SSSR count).